The predicted molar refractivity (Wildman–Crippen MR) is 61.7 cm³/mol. The number of hydrogen-bond donors (Lipinski definition) is 1. The van der Waals surface area contributed by atoms with E-state index < -0.39 is 0 Å². The van der Waals surface area contributed by atoms with E-state index in [2.05, 4.69) is 9.55 Å². The van der Waals surface area contributed by atoms with Gasteiger partial charge in [0, 0.05) is 24.4 Å². The molecule has 15 heavy (non-hydrogen) atoms. The van der Waals surface area contributed by atoms with Crippen LogP contribution in [-0.4, -0.2) is 16.1 Å². The summed E-state index contributed by atoms with van der Waals surface area (Å²) in [5, 5.41) is 0. The summed E-state index contributed by atoms with van der Waals surface area (Å²) >= 11 is 0. The van der Waals surface area contributed by atoms with Crippen LogP contribution in [0.3, 0.4) is 0 Å². The van der Waals surface area contributed by atoms with Gasteiger partial charge >= 0.3 is 0 Å². The Morgan fingerprint density at radius 1 is 1.27 bits per heavy atom. The van der Waals surface area contributed by atoms with Crippen LogP contribution in [0.4, 0.5) is 0 Å². The molecule has 0 spiro atoms. The second-order valence-electron chi connectivity index (χ2n) is 4.48. The van der Waals surface area contributed by atoms with Crippen molar-refractivity contribution in [2.75, 3.05) is 6.54 Å². The highest BCUT2D eigenvalue weighted by Crippen LogP contribution is 2.27. The molecule has 2 N–H and O–H groups in total. The van der Waals surface area contributed by atoms with Gasteiger partial charge in [0.05, 0.1) is 6.33 Å². The minimum Gasteiger partial charge on any atom is -0.332 e. The molecule has 3 heteroatoms. The number of imidazole rings is 1. The molecule has 1 aliphatic carbocycles. The van der Waals surface area contributed by atoms with Gasteiger partial charge in [-0.25, -0.2) is 4.98 Å². The molecule has 1 heterocycles. The number of nitrogens with two attached hydrogens (primary N) is 1. The lowest BCUT2D eigenvalue weighted by Crippen LogP contribution is -2.13. The normalized spacial score (nSPS) is 19.0. The molecule has 0 bridgehead atoms. The summed E-state index contributed by atoms with van der Waals surface area (Å²) in [7, 11) is 0. The molecule has 0 saturated heterocycles. The van der Waals surface area contributed by atoms with Gasteiger partial charge in [-0.15, -0.1) is 0 Å². The molecular formula is C12H21N3. The molecule has 1 aliphatic rings. The molecule has 3 nitrogen and oxygen atoms in total. The number of nitrogens with zero attached hydrogens (tertiary/aromatic N) is 2. The minimum absolute atomic E-state index is 0.677. The quantitative estimate of drug-likeness (QED) is 0.773. The molecule has 0 radical (unpaired) electrons. The van der Waals surface area contributed by atoms with E-state index in [0.717, 1.165) is 13.0 Å². The Hall–Kier alpha value is -0.830. The van der Waals surface area contributed by atoms with E-state index in [1.807, 2.05) is 12.5 Å². The summed E-state index contributed by atoms with van der Waals surface area (Å²) in [6, 6.07) is 0.677. The van der Waals surface area contributed by atoms with Gasteiger partial charge in [-0.05, 0) is 19.4 Å². The Labute approximate surface area is 91.7 Å². The van der Waals surface area contributed by atoms with Crippen molar-refractivity contribution in [3.05, 3.63) is 18.2 Å². The molecule has 0 aromatic carbocycles. The number of rotatable bonds is 3. The molecule has 1 aromatic heterocycles. The van der Waals surface area contributed by atoms with Crippen molar-refractivity contribution in [1.29, 1.82) is 0 Å². The van der Waals surface area contributed by atoms with Gasteiger partial charge in [-0.2, -0.15) is 0 Å². The van der Waals surface area contributed by atoms with E-state index in [1.165, 1.54) is 44.2 Å². The van der Waals surface area contributed by atoms with E-state index in [-0.39, 0.29) is 0 Å². The Morgan fingerprint density at radius 3 is 2.67 bits per heavy atom. The SMILES string of the molecule is NCCc1cncn1C1CCCCCC1. The van der Waals surface area contributed by atoms with E-state index in [4.69, 9.17) is 5.73 Å². The fourth-order valence-corrected chi connectivity index (χ4v) is 2.54. The zero-order chi connectivity index (χ0) is 10.5. The van der Waals surface area contributed by atoms with E-state index in [0.29, 0.717) is 6.04 Å². The molecule has 0 unspecified atom stereocenters. The van der Waals surface area contributed by atoms with Crippen LogP contribution in [0.5, 0.6) is 0 Å². The first-order valence-electron chi connectivity index (χ1n) is 6.12. The second-order valence-corrected chi connectivity index (χ2v) is 4.48. The van der Waals surface area contributed by atoms with Crippen LogP contribution in [0.2, 0.25) is 0 Å². The maximum Gasteiger partial charge on any atom is 0.0950 e. The van der Waals surface area contributed by atoms with Gasteiger partial charge in [-0.3, -0.25) is 0 Å². The smallest absolute Gasteiger partial charge is 0.0950 e. The first kappa shape index (κ1) is 10.7. The van der Waals surface area contributed by atoms with Crippen molar-refractivity contribution in [3.63, 3.8) is 0 Å². The van der Waals surface area contributed by atoms with Crippen LogP contribution in [-0.2, 0) is 6.42 Å². The highest BCUT2D eigenvalue weighted by atomic mass is 15.1. The van der Waals surface area contributed by atoms with E-state index in [1.54, 1.807) is 0 Å². The molecule has 1 fully saturated rings. The molecule has 84 valence electrons. The summed E-state index contributed by atoms with van der Waals surface area (Å²) in [4.78, 5) is 4.25. The highest BCUT2D eigenvalue weighted by Gasteiger charge is 2.15. The van der Waals surface area contributed by atoms with Crippen LogP contribution in [0.1, 0.15) is 50.3 Å². The van der Waals surface area contributed by atoms with Crippen molar-refractivity contribution in [3.8, 4) is 0 Å². The minimum atomic E-state index is 0.677. The zero-order valence-corrected chi connectivity index (χ0v) is 9.36. The Bertz CT molecular complexity index is 285. The molecule has 0 amide bonds. The Balaban J connectivity index is 2.08. The third-order valence-electron chi connectivity index (χ3n) is 3.36. The largest absolute Gasteiger partial charge is 0.332 e. The molecular weight excluding hydrogens is 186 g/mol. The second kappa shape index (κ2) is 5.31. The molecule has 1 saturated carbocycles. The van der Waals surface area contributed by atoms with Gasteiger partial charge in [0.1, 0.15) is 0 Å². The Kier molecular flexibility index (Phi) is 3.78. The third kappa shape index (κ3) is 2.59. The summed E-state index contributed by atoms with van der Waals surface area (Å²) in [5.41, 5.74) is 6.92. The van der Waals surface area contributed by atoms with Crippen LogP contribution >= 0.6 is 0 Å². The average molecular weight is 207 g/mol. The standard InChI is InChI=1S/C12H21N3/c13-8-7-12-9-14-10-15(12)11-5-3-1-2-4-6-11/h9-11H,1-8,13H2. The summed E-state index contributed by atoms with van der Waals surface area (Å²) < 4.78 is 2.36. The highest BCUT2D eigenvalue weighted by molar-refractivity contribution is 5.01. The van der Waals surface area contributed by atoms with Gasteiger partial charge in [0.15, 0.2) is 0 Å². The topological polar surface area (TPSA) is 43.8 Å². The summed E-state index contributed by atoms with van der Waals surface area (Å²) in [6.45, 7) is 0.721. The van der Waals surface area contributed by atoms with Gasteiger partial charge < -0.3 is 10.3 Å². The van der Waals surface area contributed by atoms with Crippen molar-refractivity contribution >= 4 is 0 Å². The van der Waals surface area contributed by atoms with Crippen molar-refractivity contribution < 1.29 is 0 Å². The summed E-state index contributed by atoms with van der Waals surface area (Å²) in [5.74, 6) is 0. The van der Waals surface area contributed by atoms with Crippen LogP contribution < -0.4 is 5.73 Å². The average Bonchev–Trinajstić information content (AvgIpc) is 2.53. The molecule has 2 rings (SSSR count). The third-order valence-corrected chi connectivity index (χ3v) is 3.36. The van der Waals surface area contributed by atoms with Crippen molar-refractivity contribution in [1.82, 2.24) is 9.55 Å². The first-order chi connectivity index (χ1) is 7.42. The fraction of sp³-hybridized carbons (Fsp3) is 0.750. The number of hydrogen-bond acceptors (Lipinski definition) is 2. The number of aromatic nitrogens is 2. The zero-order valence-electron chi connectivity index (χ0n) is 9.36. The lowest BCUT2D eigenvalue weighted by molar-refractivity contribution is 0.432. The van der Waals surface area contributed by atoms with E-state index in [9.17, 15) is 0 Å². The van der Waals surface area contributed by atoms with Crippen molar-refractivity contribution in [2.24, 2.45) is 5.73 Å². The lowest BCUT2D eigenvalue weighted by atomic mass is 10.1. The molecule has 1 aromatic rings. The maximum atomic E-state index is 5.61. The van der Waals surface area contributed by atoms with Crippen LogP contribution in [0.25, 0.3) is 0 Å². The Morgan fingerprint density at radius 2 is 2.00 bits per heavy atom. The monoisotopic (exact) mass is 207 g/mol. The van der Waals surface area contributed by atoms with Crippen LogP contribution in [0, 0.1) is 0 Å². The summed E-state index contributed by atoms with van der Waals surface area (Å²) in [6.07, 6.45) is 13.1. The van der Waals surface area contributed by atoms with Gasteiger partial charge in [-0.1, -0.05) is 25.7 Å². The van der Waals surface area contributed by atoms with Gasteiger partial charge in [0.25, 0.3) is 0 Å². The van der Waals surface area contributed by atoms with Crippen molar-refractivity contribution in [2.45, 2.75) is 51.0 Å². The first-order valence-corrected chi connectivity index (χ1v) is 6.12. The fourth-order valence-electron chi connectivity index (χ4n) is 2.54. The van der Waals surface area contributed by atoms with E-state index >= 15 is 0 Å². The maximum absolute atomic E-state index is 5.61. The molecule has 0 aliphatic heterocycles. The van der Waals surface area contributed by atoms with Crippen LogP contribution in [0.15, 0.2) is 12.5 Å². The van der Waals surface area contributed by atoms with Gasteiger partial charge in [0.2, 0.25) is 0 Å². The molecule has 0 atom stereocenters. The lowest BCUT2D eigenvalue weighted by Gasteiger charge is -2.18. The predicted octanol–water partition coefficient (Wildman–Crippen LogP) is 2.28.